The van der Waals surface area contributed by atoms with E-state index in [2.05, 4.69) is 20.2 Å². The van der Waals surface area contributed by atoms with Crippen molar-refractivity contribution in [1.29, 1.82) is 0 Å². The topological polar surface area (TPSA) is 98.9 Å². The lowest BCUT2D eigenvalue weighted by Crippen LogP contribution is -2.10. The van der Waals surface area contributed by atoms with Gasteiger partial charge in [0, 0.05) is 11.8 Å². The van der Waals surface area contributed by atoms with E-state index in [1.54, 1.807) is 6.07 Å². The molecule has 0 atom stereocenters. The SMILES string of the molecule is Cc1cc(Oc2ncnc(OC(C)C)c2N)n[nH]1. The molecule has 0 amide bonds. The highest BCUT2D eigenvalue weighted by atomic mass is 16.5. The van der Waals surface area contributed by atoms with Crippen LogP contribution in [0.4, 0.5) is 5.69 Å². The van der Waals surface area contributed by atoms with E-state index in [4.69, 9.17) is 15.2 Å². The number of aromatic amines is 1. The number of rotatable bonds is 4. The monoisotopic (exact) mass is 249 g/mol. The maximum Gasteiger partial charge on any atom is 0.251 e. The Morgan fingerprint density at radius 1 is 1.28 bits per heavy atom. The molecular weight excluding hydrogens is 234 g/mol. The van der Waals surface area contributed by atoms with Crippen molar-refractivity contribution in [1.82, 2.24) is 20.2 Å². The van der Waals surface area contributed by atoms with Crippen LogP contribution in [0, 0.1) is 6.92 Å². The fourth-order valence-corrected chi connectivity index (χ4v) is 1.31. The molecule has 3 N–H and O–H groups in total. The molecule has 0 aliphatic heterocycles. The van der Waals surface area contributed by atoms with Gasteiger partial charge in [0.05, 0.1) is 6.10 Å². The molecule has 0 bridgehead atoms. The zero-order valence-electron chi connectivity index (χ0n) is 10.5. The molecule has 96 valence electrons. The van der Waals surface area contributed by atoms with Crippen LogP contribution in [0.5, 0.6) is 17.6 Å². The van der Waals surface area contributed by atoms with Gasteiger partial charge in [-0.3, -0.25) is 5.10 Å². The molecule has 18 heavy (non-hydrogen) atoms. The van der Waals surface area contributed by atoms with Gasteiger partial charge in [-0.05, 0) is 20.8 Å². The van der Waals surface area contributed by atoms with Crippen LogP contribution >= 0.6 is 0 Å². The van der Waals surface area contributed by atoms with Crippen LogP contribution < -0.4 is 15.2 Å². The van der Waals surface area contributed by atoms with Gasteiger partial charge in [0.2, 0.25) is 11.8 Å². The molecule has 2 aromatic rings. The summed E-state index contributed by atoms with van der Waals surface area (Å²) in [5.41, 5.74) is 7.02. The van der Waals surface area contributed by atoms with Gasteiger partial charge in [-0.1, -0.05) is 0 Å². The van der Waals surface area contributed by atoms with Crippen molar-refractivity contribution in [2.24, 2.45) is 0 Å². The van der Waals surface area contributed by atoms with Crippen LogP contribution in [0.2, 0.25) is 0 Å². The third-order valence-corrected chi connectivity index (χ3v) is 2.04. The molecule has 2 heterocycles. The van der Waals surface area contributed by atoms with Gasteiger partial charge in [-0.25, -0.2) is 0 Å². The number of hydrogen-bond acceptors (Lipinski definition) is 6. The van der Waals surface area contributed by atoms with Gasteiger partial charge in [-0.2, -0.15) is 9.97 Å². The minimum absolute atomic E-state index is 0.0253. The van der Waals surface area contributed by atoms with E-state index in [1.807, 2.05) is 20.8 Å². The zero-order valence-corrected chi connectivity index (χ0v) is 10.5. The van der Waals surface area contributed by atoms with Crippen molar-refractivity contribution in [3.63, 3.8) is 0 Å². The van der Waals surface area contributed by atoms with Gasteiger partial charge in [-0.15, -0.1) is 5.10 Å². The molecule has 0 fully saturated rings. The highest BCUT2D eigenvalue weighted by molar-refractivity contribution is 5.56. The summed E-state index contributed by atoms with van der Waals surface area (Å²) in [7, 11) is 0. The predicted molar refractivity (Wildman–Crippen MR) is 65.6 cm³/mol. The second-order valence-corrected chi connectivity index (χ2v) is 4.06. The van der Waals surface area contributed by atoms with Crippen molar-refractivity contribution < 1.29 is 9.47 Å². The smallest absolute Gasteiger partial charge is 0.251 e. The predicted octanol–water partition coefficient (Wildman–Crippen LogP) is 1.67. The van der Waals surface area contributed by atoms with Gasteiger partial charge >= 0.3 is 0 Å². The number of H-pyrrole nitrogens is 1. The summed E-state index contributed by atoms with van der Waals surface area (Å²) in [6.07, 6.45) is 1.31. The third-order valence-electron chi connectivity index (χ3n) is 2.04. The molecule has 0 saturated heterocycles. The van der Waals surface area contributed by atoms with Crippen LogP contribution in [0.1, 0.15) is 19.5 Å². The highest BCUT2D eigenvalue weighted by Crippen LogP contribution is 2.30. The van der Waals surface area contributed by atoms with Gasteiger partial charge in [0.25, 0.3) is 5.88 Å². The lowest BCUT2D eigenvalue weighted by molar-refractivity contribution is 0.232. The van der Waals surface area contributed by atoms with Crippen molar-refractivity contribution in [3.05, 3.63) is 18.1 Å². The first-order chi connectivity index (χ1) is 8.56. The summed E-state index contributed by atoms with van der Waals surface area (Å²) in [5.74, 6) is 0.933. The Morgan fingerprint density at radius 3 is 2.61 bits per heavy atom. The Kier molecular flexibility index (Phi) is 3.31. The number of ether oxygens (including phenoxy) is 2. The lowest BCUT2D eigenvalue weighted by Gasteiger charge is -2.11. The van der Waals surface area contributed by atoms with Crippen molar-refractivity contribution in [2.45, 2.75) is 26.9 Å². The molecule has 7 nitrogen and oxygen atoms in total. The maximum absolute atomic E-state index is 5.87. The fraction of sp³-hybridized carbons (Fsp3) is 0.364. The van der Waals surface area contributed by atoms with E-state index >= 15 is 0 Å². The molecule has 2 aromatic heterocycles. The molecular formula is C11H15N5O2. The first-order valence-electron chi connectivity index (χ1n) is 5.53. The standard InChI is InChI=1S/C11H15N5O2/c1-6(2)17-10-9(12)11(14-5-13-10)18-8-4-7(3)15-16-8/h4-6H,12H2,1-3H3,(H,15,16). The average Bonchev–Trinajstić information content (AvgIpc) is 2.69. The molecule has 0 aliphatic carbocycles. The summed E-state index contributed by atoms with van der Waals surface area (Å²) in [6, 6.07) is 1.74. The number of aromatic nitrogens is 4. The summed E-state index contributed by atoms with van der Waals surface area (Å²) in [6.45, 7) is 5.65. The maximum atomic E-state index is 5.87. The molecule has 0 spiro atoms. The number of nitrogens with one attached hydrogen (secondary N) is 1. The van der Waals surface area contributed by atoms with Crippen molar-refractivity contribution in [3.8, 4) is 17.6 Å². The largest absolute Gasteiger partial charge is 0.473 e. The first kappa shape index (κ1) is 12.2. The fourth-order valence-electron chi connectivity index (χ4n) is 1.31. The summed E-state index contributed by atoms with van der Waals surface area (Å²) >= 11 is 0. The quantitative estimate of drug-likeness (QED) is 0.855. The molecule has 2 rings (SSSR count). The summed E-state index contributed by atoms with van der Waals surface area (Å²) in [4.78, 5) is 7.92. The minimum Gasteiger partial charge on any atom is -0.473 e. The third kappa shape index (κ3) is 2.68. The van der Waals surface area contributed by atoms with Crippen LogP contribution in [0.25, 0.3) is 0 Å². The van der Waals surface area contributed by atoms with Crippen molar-refractivity contribution in [2.75, 3.05) is 5.73 Å². The average molecular weight is 249 g/mol. The summed E-state index contributed by atoms with van der Waals surface area (Å²) in [5, 5.41) is 6.70. The number of nitrogens with two attached hydrogens (primary N) is 1. The van der Waals surface area contributed by atoms with E-state index in [-0.39, 0.29) is 17.7 Å². The first-order valence-corrected chi connectivity index (χ1v) is 5.53. The van der Waals surface area contributed by atoms with Gasteiger partial charge in [0.1, 0.15) is 6.33 Å². The lowest BCUT2D eigenvalue weighted by atomic mass is 10.4. The molecule has 0 aliphatic rings. The number of anilines is 1. The van der Waals surface area contributed by atoms with E-state index in [9.17, 15) is 0 Å². The van der Waals surface area contributed by atoms with E-state index < -0.39 is 0 Å². The zero-order chi connectivity index (χ0) is 13.1. The molecule has 0 aromatic carbocycles. The Hall–Kier alpha value is -2.31. The molecule has 7 heteroatoms. The Balaban J connectivity index is 2.23. The van der Waals surface area contributed by atoms with Gasteiger partial charge in [0.15, 0.2) is 5.69 Å². The second kappa shape index (κ2) is 4.91. The van der Waals surface area contributed by atoms with Crippen LogP contribution in [-0.2, 0) is 0 Å². The van der Waals surface area contributed by atoms with Crippen LogP contribution in [0.15, 0.2) is 12.4 Å². The van der Waals surface area contributed by atoms with E-state index in [0.29, 0.717) is 11.8 Å². The van der Waals surface area contributed by atoms with Crippen LogP contribution in [-0.4, -0.2) is 26.3 Å². The van der Waals surface area contributed by atoms with E-state index in [0.717, 1.165) is 5.69 Å². The number of hydrogen-bond donors (Lipinski definition) is 2. The molecule has 0 unspecified atom stereocenters. The van der Waals surface area contributed by atoms with Crippen LogP contribution in [0.3, 0.4) is 0 Å². The number of nitrogen functional groups attached to an aromatic ring is 1. The minimum atomic E-state index is -0.0253. The highest BCUT2D eigenvalue weighted by Gasteiger charge is 2.13. The molecule has 0 saturated carbocycles. The molecule has 0 radical (unpaired) electrons. The Morgan fingerprint density at radius 2 is 2.00 bits per heavy atom. The second-order valence-electron chi connectivity index (χ2n) is 4.06. The summed E-state index contributed by atoms with van der Waals surface area (Å²) < 4.78 is 10.9. The number of nitrogens with zero attached hydrogens (tertiary/aromatic N) is 3. The van der Waals surface area contributed by atoms with Gasteiger partial charge < -0.3 is 15.2 Å². The van der Waals surface area contributed by atoms with E-state index in [1.165, 1.54) is 6.33 Å². The number of aryl methyl sites for hydroxylation is 1. The Bertz CT molecular complexity index is 538. The Labute approximate surface area is 104 Å². The normalized spacial score (nSPS) is 10.7. The van der Waals surface area contributed by atoms with Crippen molar-refractivity contribution >= 4 is 5.69 Å².